The van der Waals surface area contributed by atoms with E-state index >= 15 is 0 Å². The Morgan fingerprint density at radius 2 is 1.18 bits per heavy atom. The molecule has 9 heteroatoms. The van der Waals surface area contributed by atoms with Gasteiger partial charge in [0.15, 0.2) is 12.2 Å². The van der Waals surface area contributed by atoms with Gasteiger partial charge in [0.25, 0.3) is 0 Å². The van der Waals surface area contributed by atoms with Crippen molar-refractivity contribution in [3.05, 3.63) is 0 Å². The molecule has 0 bridgehead atoms. The summed E-state index contributed by atoms with van der Waals surface area (Å²) in [6.45, 7) is 4.40. The summed E-state index contributed by atoms with van der Waals surface area (Å²) in [7, 11) is 0. The lowest BCUT2D eigenvalue weighted by molar-refractivity contribution is -0.273. The van der Waals surface area contributed by atoms with Crippen molar-refractivity contribution >= 4 is 23.9 Å². The third kappa shape index (κ3) is 5.32. The van der Waals surface area contributed by atoms with E-state index in [0.29, 0.717) is 0 Å². The molecular formula is C13H18O9. The average molecular weight is 318 g/mol. The van der Waals surface area contributed by atoms with Crippen LogP contribution in [0.15, 0.2) is 0 Å². The van der Waals surface area contributed by atoms with Crippen LogP contribution < -0.4 is 0 Å². The van der Waals surface area contributed by atoms with Crippen LogP contribution in [-0.4, -0.2) is 55.1 Å². The van der Waals surface area contributed by atoms with Gasteiger partial charge in [0.2, 0.25) is 12.4 Å². The van der Waals surface area contributed by atoms with Crippen LogP contribution in [0.25, 0.3) is 0 Å². The van der Waals surface area contributed by atoms with Crippen LogP contribution in [0.3, 0.4) is 0 Å². The zero-order valence-corrected chi connectivity index (χ0v) is 12.7. The lowest BCUT2D eigenvalue weighted by Crippen LogP contribution is -2.58. The Morgan fingerprint density at radius 1 is 0.727 bits per heavy atom. The molecule has 1 saturated heterocycles. The van der Waals surface area contributed by atoms with Gasteiger partial charge in [-0.25, -0.2) is 0 Å². The van der Waals surface area contributed by atoms with Gasteiger partial charge in [-0.2, -0.15) is 0 Å². The van der Waals surface area contributed by atoms with E-state index in [1.54, 1.807) is 0 Å². The SMILES string of the molecule is CC(=O)OC1[C@H](OC(C)=O)OC[C@H](OC(C)=O)[C@@H]1OC(C)=O. The van der Waals surface area contributed by atoms with Crippen molar-refractivity contribution in [2.24, 2.45) is 0 Å². The number of hydrogen-bond donors (Lipinski definition) is 0. The number of carbonyl (C=O) groups excluding carboxylic acids is 4. The minimum absolute atomic E-state index is 0.187. The molecule has 0 aliphatic carbocycles. The summed E-state index contributed by atoms with van der Waals surface area (Å²) in [5, 5.41) is 0. The second kappa shape index (κ2) is 7.74. The third-order valence-electron chi connectivity index (χ3n) is 2.59. The molecule has 1 fully saturated rings. The van der Waals surface area contributed by atoms with Crippen molar-refractivity contribution in [2.75, 3.05) is 6.61 Å². The lowest BCUT2D eigenvalue weighted by Gasteiger charge is -2.39. The summed E-state index contributed by atoms with van der Waals surface area (Å²) >= 11 is 0. The highest BCUT2D eigenvalue weighted by atomic mass is 16.7. The van der Waals surface area contributed by atoms with Crippen molar-refractivity contribution in [3.8, 4) is 0 Å². The van der Waals surface area contributed by atoms with Crippen molar-refractivity contribution in [2.45, 2.75) is 52.3 Å². The Morgan fingerprint density at radius 3 is 1.64 bits per heavy atom. The van der Waals surface area contributed by atoms with Crippen molar-refractivity contribution < 1.29 is 42.9 Å². The molecule has 0 aromatic heterocycles. The van der Waals surface area contributed by atoms with Gasteiger partial charge < -0.3 is 23.7 Å². The highest BCUT2D eigenvalue weighted by Gasteiger charge is 2.48. The van der Waals surface area contributed by atoms with E-state index in [1.807, 2.05) is 0 Å². The maximum absolute atomic E-state index is 11.3. The third-order valence-corrected chi connectivity index (χ3v) is 2.59. The first-order chi connectivity index (χ1) is 10.2. The fourth-order valence-electron chi connectivity index (χ4n) is 1.97. The Kier molecular flexibility index (Phi) is 6.29. The summed E-state index contributed by atoms with van der Waals surface area (Å²) in [5.41, 5.74) is 0. The molecule has 1 aliphatic rings. The molecule has 0 N–H and O–H groups in total. The second-order valence-corrected chi connectivity index (χ2v) is 4.61. The minimum Gasteiger partial charge on any atom is -0.456 e. The molecule has 1 aliphatic heterocycles. The summed E-state index contributed by atoms with van der Waals surface area (Å²) in [6, 6.07) is 0. The summed E-state index contributed by atoms with van der Waals surface area (Å²) in [6.07, 6.45) is -4.65. The van der Waals surface area contributed by atoms with Crippen LogP contribution in [0.4, 0.5) is 0 Å². The maximum Gasteiger partial charge on any atom is 0.305 e. The first kappa shape index (κ1) is 17.9. The van der Waals surface area contributed by atoms with Gasteiger partial charge in [-0.3, -0.25) is 19.2 Å². The molecule has 1 unspecified atom stereocenters. The molecule has 0 aromatic carbocycles. The molecule has 22 heavy (non-hydrogen) atoms. The van der Waals surface area contributed by atoms with E-state index in [1.165, 1.54) is 6.92 Å². The van der Waals surface area contributed by atoms with Crippen LogP contribution >= 0.6 is 0 Å². The summed E-state index contributed by atoms with van der Waals surface area (Å²) in [5.74, 6) is -2.68. The number of ether oxygens (including phenoxy) is 5. The molecule has 0 radical (unpaired) electrons. The standard InChI is InChI=1S/C13H18O9/c1-6(14)19-10-5-18-13(22-9(4)17)12(21-8(3)16)11(10)20-7(2)15/h10-13H,5H2,1-4H3/t10-,11-,12?,13-/m0/s1. The molecule has 0 aromatic rings. The minimum atomic E-state index is -1.27. The van der Waals surface area contributed by atoms with E-state index in [9.17, 15) is 19.2 Å². The summed E-state index contributed by atoms with van der Waals surface area (Å²) < 4.78 is 25.2. The zero-order valence-electron chi connectivity index (χ0n) is 12.7. The van der Waals surface area contributed by atoms with Gasteiger partial charge in [0.05, 0.1) is 6.61 Å². The van der Waals surface area contributed by atoms with E-state index in [-0.39, 0.29) is 6.61 Å². The highest BCUT2D eigenvalue weighted by Crippen LogP contribution is 2.25. The van der Waals surface area contributed by atoms with Crippen LogP contribution in [0.1, 0.15) is 27.7 Å². The quantitative estimate of drug-likeness (QED) is 0.509. The Bertz CT molecular complexity index is 416. The molecule has 0 saturated carbocycles. The largest absolute Gasteiger partial charge is 0.456 e. The zero-order chi connectivity index (χ0) is 16.9. The molecular weight excluding hydrogens is 300 g/mol. The van der Waals surface area contributed by atoms with Crippen LogP contribution in [-0.2, 0) is 42.9 Å². The fourth-order valence-corrected chi connectivity index (χ4v) is 1.97. The van der Waals surface area contributed by atoms with E-state index < -0.39 is 48.5 Å². The number of rotatable bonds is 4. The van der Waals surface area contributed by atoms with Crippen molar-refractivity contribution in [1.82, 2.24) is 0 Å². The van der Waals surface area contributed by atoms with Gasteiger partial charge in [-0.15, -0.1) is 0 Å². The van der Waals surface area contributed by atoms with Gasteiger partial charge in [0.1, 0.15) is 0 Å². The van der Waals surface area contributed by atoms with Crippen molar-refractivity contribution in [1.29, 1.82) is 0 Å². The Balaban J connectivity index is 3.03. The Labute approximate surface area is 126 Å². The molecule has 9 nitrogen and oxygen atoms in total. The number of carbonyl (C=O) groups is 4. The smallest absolute Gasteiger partial charge is 0.305 e. The van der Waals surface area contributed by atoms with Crippen LogP contribution in [0.2, 0.25) is 0 Å². The lowest BCUT2D eigenvalue weighted by atomic mass is 10.0. The fraction of sp³-hybridized carbons (Fsp3) is 0.692. The predicted octanol–water partition coefficient (Wildman–Crippen LogP) is -0.299. The first-order valence-electron chi connectivity index (χ1n) is 6.51. The predicted molar refractivity (Wildman–Crippen MR) is 68.2 cm³/mol. The van der Waals surface area contributed by atoms with Crippen LogP contribution in [0, 0.1) is 0 Å². The Hall–Kier alpha value is -2.16. The molecule has 1 heterocycles. The highest BCUT2D eigenvalue weighted by molar-refractivity contribution is 5.69. The van der Waals surface area contributed by atoms with Crippen LogP contribution in [0.5, 0.6) is 0 Å². The van der Waals surface area contributed by atoms with Gasteiger partial charge in [0, 0.05) is 27.7 Å². The van der Waals surface area contributed by atoms with Crippen molar-refractivity contribution in [3.63, 3.8) is 0 Å². The molecule has 4 atom stereocenters. The molecule has 1 rings (SSSR count). The maximum atomic E-state index is 11.3. The average Bonchev–Trinajstić information content (AvgIpc) is 2.34. The van der Waals surface area contributed by atoms with Gasteiger partial charge in [-0.05, 0) is 0 Å². The number of hydrogen-bond acceptors (Lipinski definition) is 9. The monoisotopic (exact) mass is 318 g/mol. The molecule has 0 spiro atoms. The molecule has 0 amide bonds. The van der Waals surface area contributed by atoms with Gasteiger partial charge in [-0.1, -0.05) is 0 Å². The number of esters is 4. The van der Waals surface area contributed by atoms with Gasteiger partial charge >= 0.3 is 23.9 Å². The second-order valence-electron chi connectivity index (χ2n) is 4.61. The topological polar surface area (TPSA) is 114 Å². The first-order valence-corrected chi connectivity index (χ1v) is 6.51. The summed E-state index contributed by atoms with van der Waals surface area (Å²) in [4.78, 5) is 44.7. The van der Waals surface area contributed by atoms with E-state index in [2.05, 4.69) is 0 Å². The van der Waals surface area contributed by atoms with E-state index in [4.69, 9.17) is 23.7 Å². The molecule has 124 valence electrons. The van der Waals surface area contributed by atoms with E-state index in [0.717, 1.165) is 20.8 Å². The normalized spacial score (nSPS) is 27.5.